The first-order valence-electron chi connectivity index (χ1n) is 5.73. The maximum atomic E-state index is 12.1. The minimum atomic E-state index is -1.17. The van der Waals surface area contributed by atoms with E-state index < -0.39 is 6.10 Å². The van der Waals surface area contributed by atoms with Crippen LogP contribution in [0.4, 0.5) is 5.69 Å². The Morgan fingerprint density at radius 3 is 2.44 bits per heavy atom. The first kappa shape index (κ1) is 12.3. The number of aryl methyl sites for hydroxylation is 1. The molecule has 18 heavy (non-hydrogen) atoms. The number of Topliss-reactive ketones (excluding diaryl/α,β-unsaturated/α-hetero) is 1. The van der Waals surface area contributed by atoms with Crippen LogP contribution in [0.5, 0.6) is 0 Å². The lowest BCUT2D eigenvalue weighted by atomic mass is 9.98. The second kappa shape index (κ2) is 5.02. The normalized spacial score (nSPS) is 12.1. The van der Waals surface area contributed by atoms with Gasteiger partial charge in [-0.3, -0.25) is 4.79 Å². The van der Waals surface area contributed by atoms with Crippen LogP contribution in [0.3, 0.4) is 0 Å². The van der Waals surface area contributed by atoms with Gasteiger partial charge in [0.25, 0.3) is 0 Å². The second-order valence-corrected chi connectivity index (χ2v) is 4.25. The SMILES string of the molecule is Cc1ccc(C(O)C(=O)c2ccccc2)cc1N. The summed E-state index contributed by atoms with van der Waals surface area (Å²) >= 11 is 0. The van der Waals surface area contributed by atoms with Crippen LogP contribution in [-0.2, 0) is 0 Å². The average molecular weight is 241 g/mol. The fourth-order valence-corrected chi connectivity index (χ4v) is 1.74. The van der Waals surface area contributed by atoms with Crippen molar-refractivity contribution < 1.29 is 9.90 Å². The Morgan fingerprint density at radius 1 is 1.17 bits per heavy atom. The molecule has 3 nitrogen and oxygen atoms in total. The number of aliphatic hydroxyl groups excluding tert-OH is 1. The lowest BCUT2D eigenvalue weighted by Gasteiger charge is -2.11. The van der Waals surface area contributed by atoms with E-state index in [4.69, 9.17) is 5.73 Å². The first-order valence-corrected chi connectivity index (χ1v) is 5.73. The molecule has 0 fully saturated rings. The third kappa shape index (κ3) is 2.41. The lowest BCUT2D eigenvalue weighted by Crippen LogP contribution is -2.12. The number of nitrogens with two attached hydrogens (primary N) is 1. The summed E-state index contributed by atoms with van der Waals surface area (Å²) < 4.78 is 0. The van der Waals surface area contributed by atoms with Gasteiger partial charge in [0.1, 0.15) is 6.10 Å². The predicted octanol–water partition coefficient (Wildman–Crippen LogP) is 2.49. The Labute approximate surface area is 106 Å². The molecule has 0 saturated heterocycles. The first-order chi connectivity index (χ1) is 8.59. The van der Waals surface area contributed by atoms with Crippen molar-refractivity contribution in [1.29, 1.82) is 0 Å². The molecule has 0 aliphatic heterocycles. The number of carbonyl (C=O) groups excluding carboxylic acids is 1. The molecular formula is C15H15NO2. The summed E-state index contributed by atoms with van der Waals surface area (Å²) in [5, 5.41) is 10.1. The van der Waals surface area contributed by atoms with Crippen LogP contribution in [0.25, 0.3) is 0 Å². The van der Waals surface area contributed by atoms with Crippen LogP contribution < -0.4 is 5.73 Å². The van der Waals surface area contributed by atoms with Gasteiger partial charge in [-0.1, -0.05) is 42.5 Å². The Balaban J connectivity index is 2.28. The number of ketones is 1. The van der Waals surface area contributed by atoms with Gasteiger partial charge in [0.2, 0.25) is 0 Å². The van der Waals surface area contributed by atoms with E-state index in [1.54, 1.807) is 42.5 Å². The van der Waals surface area contributed by atoms with Crippen molar-refractivity contribution in [1.82, 2.24) is 0 Å². The van der Waals surface area contributed by atoms with Crippen LogP contribution in [-0.4, -0.2) is 10.9 Å². The monoisotopic (exact) mass is 241 g/mol. The van der Waals surface area contributed by atoms with E-state index in [9.17, 15) is 9.90 Å². The molecule has 2 aromatic rings. The minimum absolute atomic E-state index is 0.321. The third-order valence-electron chi connectivity index (χ3n) is 2.93. The molecule has 0 amide bonds. The summed E-state index contributed by atoms with van der Waals surface area (Å²) in [7, 11) is 0. The maximum Gasteiger partial charge on any atom is 0.195 e. The van der Waals surface area contributed by atoms with E-state index in [-0.39, 0.29) is 5.78 Å². The molecule has 0 radical (unpaired) electrons. The molecule has 1 unspecified atom stereocenters. The second-order valence-electron chi connectivity index (χ2n) is 4.25. The molecule has 3 N–H and O–H groups in total. The van der Waals surface area contributed by atoms with Gasteiger partial charge in [-0.25, -0.2) is 0 Å². The maximum absolute atomic E-state index is 12.1. The highest BCUT2D eigenvalue weighted by Crippen LogP contribution is 2.22. The minimum Gasteiger partial charge on any atom is -0.399 e. The number of rotatable bonds is 3. The smallest absolute Gasteiger partial charge is 0.195 e. The molecule has 0 aromatic heterocycles. The third-order valence-corrected chi connectivity index (χ3v) is 2.93. The molecule has 0 bridgehead atoms. The van der Waals surface area contributed by atoms with E-state index in [1.165, 1.54) is 0 Å². The lowest BCUT2D eigenvalue weighted by molar-refractivity contribution is 0.0747. The number of hydrogen-bond acceptors (Lipinski definition) is 3. The summed E-state index contributed by atoms with van der Waals surface area (Å²) in [5.41, 5.74) is 8.29. The van der Waals surface area contributed by atoms with Gasteiger partial charge in [0, 0.05) is 11.3 Å². The highest BCUT2D eigenvalue weighted by molar-refractivity contribution is 5.99. The largest absolute Gasteiger partial charge is 0.399 e. The van der Waals surface area contributed by atoms with Gasteiger partial charge in [0.15, 0.2) is 5.78 Å². The number of anilines is 1. The molecule has 0 aliphatic rings. The fraction of sp³-hybridized carbons (Fsp3) is 0.133. The summed E-state index contributed by atoms with van der Waals surface area (Å²) in [6.07, 6.45) is -1.17. The van der Waals surface area contributed by atoms with E-state index in [2.05, 4.69) is 0 Å². The standard InChI is InChI=1S/C15H15NO2/c1-10-7-8-12(9-13(10)16)15(18)14(17)11-5-3-2-4-6-11/h2-9,15,18H,16H2,1H3. The molecule has 0 spiro atoms. The number of carbonyl (C=O) groups is 1. The predicted molar refractivity (Wildman–Crippen MR) is 71.3 cm³/mol. The Kier molecular flexibility index (Phi) is 3.44. The molecule has 0 saturated carbocycles. The van der Waals surface area contributed by atoms with Gasteiger partial charge in [-0.2, -0.15) is 0 Å². The highest BCUT2D eigenvalue weighted by atomic mass is 16.3. The van der Waals surface area contributed by atoms with Gasteiger partial charge in [0.05, 0.1) is 0 Å². The molecule has 92 valence electrons. The average Bonchev–Trinajstić information content (AvgIpc) is 2.41. The van der Waals surface area contributed by atoms with Crippen LogP contribution >= 0.6 is 0 Å². The Morgan fingerprint density at radius 2 is 1.83 bits per heavy atom. The number of hydrogen-bond donors (Lipinski definition) is 2. The van der Waals surface area contributed by atoms with Crippen molar-refractivity contribution in [2.45, 2.75) is 13.0 Å². The van der Waals surface area contributed by atoms with Gasteiger partial charge in [-0.15, -0.1) is 0 Å². The fourth-order valence-electron chi connectivity index (χ4n) is 1.74. The summed E-state index contributed by atoms with van der Waals surface area (Å²) in [5.74, 6) is -0.321. The molecule has 0 heterocycles. The number of benzene rings is 2. The highest BCUT2D eigenvalue weighted by Gasteiger charge is 2.19. The van der Waals surface area contributed by atoms with Crippen molar-refractivity contribution in [2.24, 2.45) is 0 Å². The zero-order valence-corrected chi connectivity index (χ0v) is 10.1. The summed E-state index contributed by atoms with van der Waals surface area (Å²) in [4.78, 5) is 12.1. The molecule has 1 atom stereocenters. The van der Waals surface area contributed by atoms with E-state index in [1.807, 2.05) is 13.0 Å². The van der Waals surface area contributed by atoms with Gasteiger partial charge >= 0.3 is 0 Å². The van der Waals surface area contributed by atoms with E-state index in [0.29, 0.717) is 16.8 Å². The quantitative estimate of drug-likeness (QED) is 0.641. The van der Waals surface area contributed by atoms with Crippen molar-refractivity contribution in [2.75, 3.05) is 5.73 Å². The van der Waals surface area contributed by atoms with Crippen molar-refractivity contribution in [3.05, 3.63) is 65.2 Å². The Hall–Kier alpha value is -2.13. The molecule has 2 rings (SSSR count). The van der Waals surface area contributed by atoms with Crippen LogP contribution in [0.15, 0.2) is 48.5 Å². The molecule has 2 aromatic carbocycles. The zero-order valence-electron chi connectivity index (χ0n) is 10.1. The van der Waals surface area contributed by atoms with Crippen LogP contribution in [0.2, 0.25) is 0 Å². The molecule has 3 heteroatoms. The molecule has 0 aliphatic carbocycles. The van der Waals surface area contributed by atoms with Crippen molar-refractivity contribution in [3.8, 4) is 0 Å². The zero-order chi connectivity index (χ0) is 13.1. The topological polar surface area (TPSA) is 63.3 Å². The molecular weight excluding hydrogens is 226 g/mol. The van der Waals surface area contributed by atoms with Gasteiger partial charge in [-0.05, 0) is 24.1 Å². The van der Waals surface area contributed by atoms with Crippen LogP contribution in [0, 0.1) is 6.92 Å². The van der Waals surface area contributed by atoms with E-state index >= 15 is 0 Å². The summed E-state index contributed by atoms with van der Waals surface area (Å²) in [6.45, 7) is 1.88. The summed E-state index contributed by atoms with van der Waals surface area (Å²) in [6, 6.07) is 13.9. The Bertz CT molecular complexity index is 564. The van der Waals surface area contributed by atoms with Crippen molar-refractivity contribution in [3.63, 3.8) is 0 Å². The number of nitrogen functional groups attached to an aromatic ring is 1. The van der Waals surface area contributed by atoms with Crippen LogP contribution in [0.1, 0.15) is 27.6 Å². The van der Waals surface area contributed by atoms with Crippen molar-refractivity contribution >= 4 is 11.5 Å². The van der Waals surface area contributed by atoms with E-state index in [0.717, 1.165) is 5.56 Å². The van der Waals surface area contributed by atoms with Gasteiger partial charge < -0.3 is 10.8 Å². The number of aliphatic hydroxyl groups is 1.